The van der Waals surface area contributed by atoms with Crippen molar-refractivity contribution in [1.29, 1.82) is 0 Å². The summed E-state index contributed by atoms with van der Waals surface area (Å²) in [6, 6.07) is 0. The SMILES string of the molecule is CCO[P+](=O)C(NO)C(C)(C)C. The van der Waals surface area contributed by atoms with Gasteiger partial charge in [-0.15, -0.1) is 4.52 Å². The molecule has 0 bridgehead atoms. The van der Waals surface area contributed by atoms with E-state index in [1.54, 1.807) is 6.92 Å². The molecule has 4 nitrogen and oxygen atoms in total. The molecule has 12 heavy (non-hydrogen) atoms. The van der Waals surface area contributed by atoms with Crippen LogP contribution in [0.25, 0.3) is 0 Å². The van der Waals surface area contributed by atoms with Gasteiger partial charge in [-0.25, -0.2) is 0 Å². The molecule has 0 aromatic heterocycles. The first-order valence-corrected chi connectivity index (χ1v) is 5.17. The highest BCUT2D eigenvalue weighted by Crippen LogP contribution is 2.38. The fourth-order valence-electron chi connectivity index (χ4n) is 0.759. The predicted molar refractivity (Wildman–Crippen MR) is 47.4 cm³/mol. The van der Waals surface area contributed by atoms with E-state index < -0.39 is 13.8 Å². The summed E-state index contributed by atoms with van der Waals surface area (Å²) in [7, 11) is -1.84. The maximum absolute atomic E-state index is 11.3. The summed E-state index contributed by atoms with van der Waals surface area (Å²) < 4.78 is 16.2. The Morgan fingerprint density at radius 3 is 2.33 bits per heavy atom. The Bertz CT molecular complexity index is 155. The summed E-state index contributed by atoms with van der Waals surface area (Å²) in [5.74, 6) is -0.521. The number of hydrogen-bond acceptors (Lipinski definition) is 4. The van der Waals surface area contributed by atoms with Gasteiger partial charge >= 0.3 is 8.03 Å². The highest BCUT2D eigenvalue weighted by Gasteiger charge is 2.42. The van der Waals surface area contributed by atoms with Gasteiger partial charge in [0.05, 0.1) is 6.61 Å². The monoisotopic (exact) mass is 194 g/mol. The molecular weight excluding hydrogens is 177 g/mol. The number of rotatable bonds is 4. The van der Waals surface area contributed by atoms with E-state index in [9.17, 15) is 4.57 Å². The molecule has 0 aliphatic rings. The minimum absolute atomic E-state index is 0.280. The summed E-state index contributed by atoms with van der Waals surface area (Å²) >= 11 is 0. The van der Waals surface area contributed by atoms with Gasteiger partial charge in [-0.1, -0.05) is 20.8 Å². The molecule has 0 aliphatic carbocycles. The molecule has 2 N–H and O–H groups in total. The molecule has 72 valence electrons. The van der Waals surface area contributed by atoms with Crippen LogP contribution in [0.1, 0.15) is 27.7 Å². The highest BCUT2D eigenvalue weighted by molar-refractivity contribution is 7.40. The molecule has 0 amide bonds. The van der Waals surface area contributed by atoms with E-state index in [-0.39, 0.29) is 5.41 Å². The van der Waals surface area contributed by atoms with Crippen LogP contribution in [-0.2, 0) is 9.09 Å². The van der Waals surface area contributed by atoms with Crippen LogP contribution in [0.15, 0.2) is 0 Å². The number of hydrogen-bond donors (Lipinski definition) is 2. The number of nitrogens with one attached hydrogen (secondary N) is 1. The zero-order valence-corrected chi connectivity index (χ0v) is 8.89. The maximum atomic E-state index is 11.3. The first-order valence-electron chi connectivity index (χ1n) is 3.92. The Morgan fingerprint density at radius 1 is 1.58 bits per heavy atom. The van der Waals surface area contributed by atoms with E-state index >= 15 is 0 Å². The second-order valence-electron chi connectivity index (χ2n) is 3.60. The minimum atomic E-state index is -1.84. The second kappa shape index (κ2) is 4.87. The Labute approximate surface area is 74.1 Å². The summed E-state index contributed by atoms with van der Waals surface area (Å²) in [6.45, 7) is 7.81. The van der Waals surface area contributed by atoms with Crippen molar-refractivity contribution in [3.05, 3.63) is 0 Å². The van der Waals surface area contributed by atoms with Crippen LogP contribution in [0, 0.1) is 5.41 Å². The van der Waals surface area contributed by atoms with Gasteiger partial charge in [-0.05, 0) is 11.5 Å². The maximum Gasteiger partial charge on any atom is 0.529 e. The van der Waals surface area contributed by atoms with Gasteiger partial charge < -0.3 is 5.21 Å². The van der Waals surface area contributed by atoms with Gasteiger partial charge in [-0.2, -0.15) is 5.48 Å². The topological polar surface area (TPSA) is 58.6 Å². The predicted octanol–water partition coefficient (Wildman–Crippen LogP) is 2.12. The average molecular weight is 194 g/mol. The van der Waals surface area contributed by atoms with E-state index in [2.05, 4.69) is 0 Å². The molecule has 0 rings (SSSR count). The Hall–Kier alpha value is -0.0200. The van der Waals surface area contributed by atoms with Gasteiger partial charge in [0.2, 0.25) is 0 Å². The van der Waals surface area contributed by atoms with Crippen LogP contribution in [0.2, 0.25) is 0 Å². The van der Waals surface area contributed by atoms with Crippen LogP contribution < -0.4 is 5.48 Å². The van der Waals surface area contributed by atoms with Gasteiger partial charge in [0.25, 0.3) is 5.78 Å². The van der Waals surface area contributed by atoms with Gasteiger partial charge in [0.1, 0.15) is 0 Å². The van der Waals surface area contributed by atoms with E-state index in [0.29, 0.717) is 6.61 Å². The minimum Gasteiger partial charge on any atom is -0.313 e. The van der Waals surface area contributed by atoms with Crippen molar-refractivity contribution in [2.24, 2.45) is 5.41 Å². The van der Waals surface area contributed by atoms with Gasteiger partial charge in [-0.3, -0.25) is 0 Å². The van der Waals surface area contributed by atoms with Crippen LogP contribution in [0.5, 0.6) is 0 Å². The fraction of sp³-hybridized carbons (Fsp3) is 1.00. The lowest BCUT2D eigenvalue weighted by atomic mass is 9.97. The number of hydroxylamine groups is 1. The second-order valence-corrected chi connectivity index (χ2v) is 4.95. The van der Waals surface area contributed by atoms with E-state index in [0.717, 1.165) is 0 Å². The molecule has 2 unspecified atom stereocenters. The lowest BCUT2D eigenvalue weighted by Gasteiger charge is -2.19. The van der Waals surface area contributed by atoms with Crippen LogP contribution >= 0.6 is 8.03 Å². The molecule has 2 atom stereocenters. The highest BCUT2D eigenvalue weighted by atomic mass is 31.1. The van der Waals surface area contributed by atoms with Gasteiger partial charge in [0, 0.05) is 5.41 Å². The quantitative estimate of drug-likeness (QED) is 0.531. The normalized spacial score (nSPS) is 15.9. The van der Waals surface area contributed by atoms with Crippen molar-refractivity contribution in [3.63, 3.8) is 0 Å². The molecule has 0 fully saturated rings. The molecule has 0 aromatic carbocycles. The van der Waals surface area contributed by atoms with Crippen molar-refractivity contribution in [3.8, 4) is 0 Å². The molecule has 0 saturated heterocycles. The lowest BCUT2D eigenvalue weighted by molar-refractivity contribution is 0.103. The third kappa shape index (κ3) is 3.59. The van der Waals surface area contributed by atoms with Crippen molar-refractivity contribution < 1.29 is 14.3 Å². The molecule has 0 aromatic rings. The molecule has 0 spiro atoms. The molecular formula is C7H17NO3P+. The Balaban J connectivity index is 4.25. The average Bonchev–Trinajstić information content (AvgIpc) is 1.85. The molecule has 0 radical (unpaired) electrons. The molecule has 0 heterocycles. The van der Waals surface area contributed by atoms with E-state index in [1.165, 1.54) is 0 Å². The van der Waals surface area contributed by atoms with Crippen molar-refractivity contribution in [1.82, 2.24) is 5.48 Å². The van der Waals surface area contributed by atoms with E-state index in [4.69, 9.17) is 9.73 Å². The van der Waals surface area contributed by atoms with E-state index in [1.807, 2.05) is 26.3 Å². The summed E-state index contributed by atoms with van der Waals surface area (Å²) in [5, 5.41) is 8.74. The van der Waals surface area contributed by atoms with Crippen molar-refractivity contribution in [2.45, 2.75) is 33.5 Å². The first kappa shape index (κ1) is 12.0. The Morgan fingerprint density at radius 2 is 2.08 bits per heavy atom. The standard InChI is InChI=1S/C7H17NO3P/c1-5-11-12(10)6(8-9)7(2,3)4/h6,8-9H,5H2,1-4H3/q+1. The van der Waals surface area contributed by atoms with Crippen LogP contribution in [-0.4, -0.2) is 17.6 Å². The summed E-state index contributed by atoms with van der Waals surface area (Å²) in [4.78, 5) is 0. The van der Waals surface area contributed by atoms with Crippen LogP contribution in [0.3, 0.4) is 0 Å². The lowest BCUT2D eigenvalue weighted by Crippen LogP contribution is -2.35. The molecule has 0 saturated carbocycles. The zero-order valence-electron chi connectivity index (χ0n) is 8.00. The van der Waals surface area contributed by atoms with Gasteiger partial charge in [0.15, 0.2) is 0 Å². The smallest absolute Gasteiger partial charge is 0.313 e. The zero-order chi connectivity index (χ0) is 9.78. The Kier molecular flexibility index (Phi) is 4.87. The van der Waals surface area contributed by atoms with Crippen molar-refractivity contribution in [2.75, 3.05) is 6.61 Å². The molecule has 0 aliphatic heterocycles. The largest absolute Gasteiger partial charge is 0.529 e. The summed E-state index contributed by atoms with van der Waals surface area (Å²) in [6.07, 6.45) is 0. The fourth-order valence-corrected chi connectivity index (χ4v) is 1.89. The van der Waals surface area contributed by atoms with Crippen molar-refractivity contribution >= 4 is 8.03 Å². The summed E-state index contributed by atoms with van der Waals surface area (Å²) in [5.41, 5.74) is 1.74. The first-order chi connectivity index (χ1) is 5.43. The van der Waals surface area contributed by atoms with Crippen LogP contribution in [0.4, 0.5) is 0 Å². The molecule has 5 heteroatoms. The third-order valence-electron chi connectivity index (χ3n) is 1.41. The third-order valence-corrected chi connectivity index (χ3v) is 3.23.